The van der Waals surface area contributed by atoms with Crippen molar-refractivity contribution in [3.05, 3.63) is 179 Å². The third-order valence-corrected chi connectivity index (χ3v) is 20.0. The summed E-state index contributed by atoms with van der Waals surface area (Å²) in [6.07, 6.45) is 49.0. The van der Waals surface area contributed by atoms with Crippen molar-refractivity contribution in [2.24, 2.45) is 0 Å². The number of nitrogens with zero attached hydrogens (tertiary/aromatic N) is 2. The molecular weight excluding hydrogens is 1250 g/mol. The van der Waals surface area contributed by atoms with Crippen molar-refractivity contribution < 1.29 is 18.9 Å². The SMILES string of the molecule is CCCCCCCCCCCCOc1c2cccc1Cc1cc(Cn3c(=O)[nH]c(=O)[nH]c3=O)cc(c1OCCCCCCCCCCCC)Cc1cccc(c1OCCCCCCCCCCCC)Cc1cc(Cn3c(=O)[nH]c(=O)[nH]c3=O)cc(c1OCCCCCCCCCCCC)C2. The summed E-state index contributed by atoms with van der Waals surface area (Å²) < 4.78 is 30.8. The van der Waals surface area contributed by atoms with E-state index in [9.17, 15) is 28.8 Å². The standard InChI is InChI=1S/C84H126N6O10/c1-5-9-13-17-21-25-29-33-37-41-51-97-75-67-47-45-48-68(75)60-72-56-66(64-90-83(95)87-80(92)88-84(90)96)58-74(78(72)100-54-44-40-36-32-28-24-20-16-12-8-4)62-70-50-46-49-69(76(70)98-52-42-38-34-30-26-22-18-14-10-6-2)61-73-57-65(63-89-81(93)85-79(91)86-82(89)94)55-71(59-67)77(73)99-53-43-39-35-31-27-23-19-15-11-7-3/h45-50,55-58H,5-44,51-54,59-64H2,1-4H3,(H2,85,86,91,93,94)(H2,87,88,92,95,96). The van der Waals surface area contributed by atoms with E-state index in [0.717, 1.165) is 154 Å². The molecule has 0 saturated heterocycles. The zero-order valence-electron chi connectivity index (χ0n) is 62.1. The van der Waals surface area contributed by atoms with Crippen LogP contribution in [-0.2, 0) is 38.8 Å². The van der Waals surface area contributed by atoms with Crippen molar-refractivity contribution in [3.63, 3.8) is 0 Å². The number of ether oxygens (including phenoxy) is 4. The van der Waals surface area contributed by atoms with Crippen LogP contribution in [0.2, 0.25) is 0 Å². The number of benzene rings is 4. The predicted molar refractivity (Wildman–Crippen MR) is 408 cm³/mol. The van der Waals surface area contributed by atoms with Crippen LogP contribution in [0, 0.1) is 0 Å². The van der Waals surface area contributed by atoms with Crippen molar-refractivity contribution >= 4 is 0 Å². The quantitative estimate of drug-likeness (QED) is 0.0265. The fourth-order valence-corrected chi connectivity index (χ4v) is 14.4. The van der Waals surface area contributed by atoms with Gasteiger partial charge in [0.25, 0.3) is 0 Å². The summed E-state index contributed by atoms with van der Waals surface area (Å²) in [5, 5.41) is 0. The number of hydrogen-bond donors (Lipinski definition) is 4. The van der Waals surface area contributed by atoms with Crippen molar-refractivity contribution in [3.8, 4) is 23.0 Å². The average Bonchev–Trinajstić information content (AvgIpc) is 0.779. The number of para-hydroxylation sites is 2. The fraction of sp³-hybridized carbons (Fsp3) is 0.643. The van der Waals surface area contributed by atoms with Crippen molar-refractivity contribution in [1.29, 1.82) is 0 Å². The van der Waals surface area contributed by atoms with Gasteiger partial charge in [-0.05, 0) is 106 Å². The lowest BCUT2D eigenvalue weighted by atomic mass is 9.89. The Bertz CT molecular complexity index is 3290. The van der Waals surface area contributed by atoms with Crippen LogP contribution < -0.4 is 53.1 Å². The Hall–Kier alpha value is -7.10. The Labute approximate surface area is 597 Å². The highest BCUT2D eigenvalue weighted by Crippen LogP contribution is 2.41. The molecule has 6 aromatic rings. The molecule has 0 unspecified atom stereocenters. The lowest BCUT2D eigenvalue weighted by Gasteiger charge is -2.24. The van der Waals surface area contributed by atoms with Gasteiger partial charge in [-0.1, -0.05) is 295 Å². The zero-order valence-corrected chi connectivity index (χ0v) is 62.1. The van der Waals surface area contributed by atoms with Gasteiger partial charge in [-0.15, -0.1) is 0 Å². The van der Waals surface area contributed by atoms with E-state index in [0.29, 0.717) is 63.2 Å². The molecule has 0 amide bonds. The van der Waals surface area contributed by atoms with Crippen LogP contribution in [0.5, 0.6) is 23.0 Å². The normalized spacial score (nSPS) is 12.1. The maximum absolute atomic E-state index is 13.6. The molecule has 552 valence electrons. The molecule has 2 aromatic heterocycles. The van der Waals surface area contributed by atoms with Gasteiger partial charge in [0, 0.05) is 25.7 Å². The van der Waals surface area contributed by atoms with Gasteiger partial charge in [0.2, 0.25) is 0 Å². The van der Waals surface area contributed by atoms with E-state index in [2.05, 4.69) is 84.0 Å². The molecule has 4 aromatic carbocycles. The van der Waals surface area contributed by atoms with Gasteiger partial charge in [-0.2, -0.15) is 0 Å². The van der Waals surface area contributed by atoms with Gasteiger partial charge >= 0.3 is 34.1 Å². The molecule has 16 nitrogen and oxygen atoms in total. The van der Waals surface area contributed by atoms with E-state index < -0.39 is 34.1 Å². The van der Waals surface area contributed by atoms with Crippen LogP contribution in [0.3, 0.4) is 0 Å². The molecule has 16 heteroatoms. The summed E-state index contributed by atoms with van der Waals surface area (Å²) in [7, 11) is 0. The van der Waals surface area contributed by atoms with E-state index >= 15 is 0 Å². The second-order valence-corrected chi connectivity index (χ2v) is 28.7. The molecule has 7 rings (SSSR count). The molecule has 4 N–H and O–H groups in total. The maximum Gasteiger partial charge on any atom is 0.333 e. The summed E-state index contributed by atoms with van der Waals surface area (Å²) in [5.74, 6) is 2.99. The second kappa shape index (κ2) is 47.2. The average molecular weight is 1380 g/mol. The van der Waals surface area contributed by atoms with Crippen LogP contribution in [0.15, 0.2) is 89.4 Å². The van der Waals surface area contributed by atoms with E-state index in [1.54, 1.807) is 0 Å². The molecule has 2 heterocycles. The van der Waals surface area contributed by atoms with Crippen molar-refractivity contribution in [2.45, 2.75) is 323 Å². The van der Waals surface area contributed by atoms with E-state index in [4.69, 9.17) is 18.9 Å². The van der Waals surface area contributed by atoms with Gasteiger partial charge in [0.05, 0.1) is 39.5 Å². The first-order chi connectivity index (χ1) is 49.0. The first-order valence-corrected chi connectivity index (χ1v) is 39.9. The lowest BCUT2D eigenvalue weighted by molar-refractivity contribution is 0.292. The number of rotatable bonds is 52. The minimum absolute atomic E-state index is 0.107. The molecule has 0 saturated carbocycles. The highest BCUT2D eigenvalue weighted by atomic mass is 16.5. The summed E-state index contributed by atoms with van der Waals surface area (Å²) in [4.78, 5) is 88.2. The Morgan fingerprint density at radius 3 is 0.670 bits per heavy atom. The molecule has 0 atom stereocenters. The number of aromatic amines is 4. The topological polar surface area (TPSA) is 212 Å². The fourth-order valence-electron chi connectivity index (χ4n) is 14.4. The Morgan fingerprint density at radius 2 is 0.460 bits per heavy atom. The molecule has 1 aliphatic rings. The van der Waals surface area contributed by atoms with Gasteiger partial charge in [0.1, 0.15) is 23.0 Å². The number of fused-ring (bicyclic) bond motifs is 8. The van der Waals surface area contributed by atoms with Crippen LogP contribution >= 0.6 is 0 Å². The van der Waals surface area contributed by atoms with Crippen LogP contribution in [0.4, 0.5) is 0 Å². The smallest absolute Gasteiger partial charge is 0.333 e. The van der Waals surface area contributed by atoms with Gasteiger partial charge < -0.3 is 18.9 Å². The van der Waals surface area contributed by atoms with E-state index in [-0.39, 0.29) is 13.1 Å². The third kappa shape index (κ3) is 28.4. The summed E-state index contributed by atoms with van der Waals surface area (Å²) >= 11 is 0. The lowest BCUT2D eigenvalue weighted by Crippen LogP contribution is -2.43. The molecular formula is C84H126N6O10. The number of aromatic nitrogens is 6. The molecule has 0 aliphatic heterocycles. The first kappa shape index (κ1) is 80.2. The van der Waals surface area contributed by atoms with Crippen molar-refractivity contribution in [2.75, 3.05) is 26.4 Å². The molecule has 1 aliphatic carbocycles. The Morgan fingerprint density at radius 1 is 0.270 bits per heavy atom. The molecule has 0 fully saturated rings. The van der Waals surface area contributed by atoms with Crippen LogP contribution in [0.1, 0.15) is 340 Å². The number of unbranched alkanes of at least 4 members (excludes halogenated alkanes) is 36. The molecule has 100 heavy (non-hydrogen) atoms. The largest absolute Gasteiger partial charge is 0.493 e. The first-order valence-electron chi connectivity index (χ1n) is 39.9. The number of hydrogen-bond acceptors (Lipinski definition) is 10. The second-order valence-electron chi connectivity index (χ2n) is 28.7. The zero-order chi connectivity index (χ0) is 70.8. The summed E-state index contributed by atoms with van der Waals surface area (Å²) in [6, 6.07) is 20.8. The van der Waals surface area contributed by atoms with Gasteiger partial charge in [-0.3, -0.25) is 19.9 Å². The predicted octanol–water partition coefficient (Wildman–Crippen LogP) is 18.7. The molecule has 0 spiro atoms. The summed E-state index contributed by atoms with van der Waals surface area (Å²) in [5.41, 5.74) is 3.67. The van der Waals surface area contributed by atoms with Gasteiger partial charge in [0.15, 0.2) is 0 Å². The Kier molecular flexibility index (Phi) is 37.8. The maximum atomic E-state index is 13.6. The molecule has 8 bridgehead atoms. The summed E-state index contributed by atoms with van der Waals surface area (Å²) in [6.45, 7) is 10.8. The van der Waals surface area contributed by atoms with E-state index in [1.807, 2.05) is 24.3 Å². The van der Waals surface area contributed by atoms with E-state index in [1.165, 1.54) is 180 Å². The highest BCUT2D eigenvalue weighted by Gasteiger charge is 2.25. The van der Waals surface area contributed by atoms with Crippen LogP contribution in [0.25, 0.3) is 0 Å². The minimum Gasteiger partial charge on any atom is -0.493 e. The monoisotopic (exact) mass is 1380 g/mol. The number of H-pyrrole nitrogens is 4. The Balaban J connectivity index is 1.36. The van der Waals surface area contributed by atoms with Crippen LogP contribution in [-0.4, -0.2) is 55.5 Å². The minimum atomic E-state index is -0.860. The van der Waals surface area contributed by atoms with Gasteiger partial charge in [-0.25, -0.2) is 37.9 Å². The number of nitrogens with one attached hydrogen (secondary N) is 4. The third-order valence-electron chi connectivity index (χ3n) is 20.0. The van der Waals surface area contributed by atoms with Crippen molar-refractivity contribution in [1.82, 2.24) is 29.1 Å². The highest BCUT2D eigenvalue weighted by molar-refractivity contribution is 5.57. The molecule has 0 radical (unpaired) electrons.